The zero-order valence-corrected chi connectivity index (χ0v) is 15.2. The number of hydrogen-bond acceptors (Lipinski definition) is 4. The lowest BCUT2D eigenvalue weighted by molar-refractivity contribution is -0.0238. The number of piperidine rings is 3. The van der Waals surface area contributed by atoms with Crippen molar-refractivity contribution in [2.24, 2.45) is 11.8 Å². The second-order valence-electron chi connectivity index (χ2n) is 7.67. The van der Waals surface area contributed by atoms with Gasteiger partial charge in [-0.1, -0.05) is 24.3 Å². The maximum atomic E-state index is 12.9. The maximum Gasteiger partial charge on any atom is 0.288 e. The summed E-state index contributed by atoms with van der Waals surface area (Å²) in [5.41, 5.74) is 1.99. The quantitative estimate of drug-likeness (QED) is 0.773. The average molecular weight is 361 g/mol. The summed E-state index contributed by atoms with van der Waals surface area (Å²) < 4.78 is 5.76. The van der Waals surface area contributed by atoms with Crippen LogP contribution in [0.25, 0.3) is 11.0 Å². The third-order valence-corrected chi connectivity index (χ3v) is 6.10. The highest BCUT2D eigenvalue weighted by Gasteiger charge is 2.43. The van der Waals surface area contributed by atoms with E-state index in [0.717, 1.165) is 30.5 Å². The molecule has 3 aliphatic rings. The number of pyridine rings is 1. The molecule has 27 heavy (non-hydrogen) atoms. The minimum atomic E-state index is -0.125. The van der Waals surface area contributed by atoms with Crippen molar-refractivity contribution in [1.29, 1.82) is 0 Å². The molecule has 3 saturated heterocycles. The van der Waals surface area contributed by atoms with Gasteiger partial charge in [0.1, 0.15) is 5.58 Å². The summed E-state index contributed by atoms with van der Waals surface area (Å²) in [5, 5.41) is 4.23. The van der Waals surface area contributed by atoms with E-state index in [9.17, 15) is 4.79 Å². The van der Waals surface area contributed by atoms with E-state index in [1.807, 2.05) is 42.6 Å². The van der Waals surface area contributed by atoms with Crippen molar-refractivity contribution >= 4 is 16.9 Å². The molecule has 0 radical (unpaired) electrons. The van der Waals surface area contributed by atoms with Crippen LogP contribution in [0, 0.1) is 11.8 Å². The molecule has 1 amide bonds. The van der Waals surface area contributed by atoms with Crippen molar-refractivity contribution in [3.8, 4) is 0 Å². The van der Waals surface area contributed by atoms with Gasteiger partial charge in [0, 0.05) is 30.9 Å². The number of hydrogen-bond donors (Lipinski definition) is 1. The molecule has 2 atom stereocenters. The molecule has 1 N–H and O–H groups in total. The minimum absolute atomic E-state index is 0.0541. The molecule has 2 aromatic heterocycles. The summed E-state index contributed by atoms with van der Waals surface area (Å²) in [7, 11) is 0. The van der Waals surface area contributed by atoms with Crippen LogP contribution in [0.2, 0.25) is 0 Å². The lowest BCUT2D eigenvalue weighted by atomic mass is 9.74. The van der Waals surface area contributed by atoms with Crippen molar-refractivity contribution in [2.45, 2.75) is 25.4 Å². The van der Waals surface area contributed by atoms with E-state index < -0.39 is 0 Å². The van der Waals surface area contributed by atoms with Gasteiger partial charge in [-0.25, -0.2) is 0 Å². The lowest BCUT2D eigenvalue weighted by Gasteiger charge is -2.51. The van der Waals surface area contributed by atoms with Gasteiger partial charge < -0.3 is 9.73 Å². The highest BCUT2D eigenvalue weighted by Crippen LogP contribution is 2.38. The molecule has 138 valence electrons. The smallest absolute Gasteiger partial charge is 0.288 e. The number of carbonyl (C=O) groups excluding carboxylic acids is 1. The molecule has 3 fully saturated rings. The zero-order valence-electron chi connectivity index (χ0n) is 15.2. The van der Waals surface area contributed by atoms with Crippen LogP contribution >= 0.6 is 0 Å². The fourth-order valence-electron chi connectivity index (χ4n) is 4.72. The molecule has 2 bridgehead atoms. The van der Waals surface area contributed by atoms with E-state index in [-0.39, 0.29) is 12.1 Å². The Bertz CT molecular complexity index is 911. The van der Waals surface area contributed by atoms with Gasteiger partial charge in [-0.05, 0) is 54.9 Å². The van der Waals surface area contributed by atoms with Gasteiger partial charge in [-0.3, -0.25) is 14.7 Å². The third-order valence-electron chi connectivity index (χ3n) is 6.10. The molecule has 0 aliphatic carbocycles. The van der Waals surface area contributed by atoms with E-state index in [4.69, 9.17) is 4.42 Å². The topological polar surface area (TPSA) is 58.4 Å². The van der Waals surface area contributed by atoms with Crippen molar-refractivity contribution in [1.82, 2.24) is 15.2 Å². The van der Waals surface area contributed by atoms with Crippen LogP contribution < -0.4 is 5.32 Å². The van der Waals surface area contributed by atoms with Gasteiger partial charge in [-0.2, -0.15) is 0 Å². The van der Waals surface area contributed by atoms with Crippen LogP contribution in [0.15, 0.2) is 59.3 Å². The average Bonchev–Trinajstić information content (AvgIpc) is 3.16. The number of carbonyl (C=O) groups is 1. The number of nitrogens with one attached hydrogen (secondary N) is 1. The largest absolute Gasteiger partial charge is 0.451 e. The molecule has 5 heterocycles. The molecule has 1 aromatic carbocycles. The molecular formula is C22H23N3O2. The molecular weight excluding hydrogens is 338 g/mol. The van der Waals surface area contributed by atoms with Gasteiger partial charge in [0.25, 0.3) is 5.91 Å². The van der Waals surface area contributed by atoms with Crippen LogP contribution in [-0.4, -0.2) is 35.0 Å². The first kappa shape index (κ1) is 16.5. The van der Waals surface area contributed by atoms with Gasteiger partial charge in [0.05, 0.1) is 6.17 Å². The fraction of sp³-hybridized carbons (Fsp3) is 0.364. The number of amides is 1. The standard InChI is InChI=1S/C22H23N3O2/c26-22(20-13-17-5-1-2-6-19(17)27-20)24-21-18(12-15-4-3-9-23-14-15)16-7-10-25(21)11-8-16/h1-6,9,13-14,16,18,21H,7-8,10-12H2,(H,24,26). The zero-order chi connectivity index (χ0) is 18.2. The number of para-hydroxylation sites is 1. The fourth-order valence-corrected chi connectivity index (χ4v) is 4.72. The molecule has 6 rings (SSSR count). The summed E-state index contributed by atoms with van der Waals surface area (Å²) in [6, 6.07) is 13.7. The molecule has 5 nitrogen and oxygen atoms in total. The van der Waals surface area contributed by atoms with Gasteiger partial charge in [0.15, 0.2) is 5.76 Å². The summed E-state index contributed by atoms with van der Waals surface area (Å²) in [5.74, 6) is 1.32. The van der Waals surface area contributed by atoms with E-state index in [1.54, 1.807) is 6.20 Å². The lowest BCUT2D eigenvalue weighted by Crippen LogP contribution is -2.62. The second kappa shape index (κ2) is 6.82. The van der Waals surface area contributed by atoms with Gasteiger partial charge >= 0.3 is 0 Å². The van der Waals surface area contributed by atoms with Gasteiger partial charge in [-0.15, -0.1) is 0 Å². The van der Waals surface area contributed by atoms with E-state index in [2.05, 4.69) is 21.3 Å². The van der Waals surface area contributed by atoms with E-state index in [1.165, 1.54) is 18.4 Å². The van der Waals surface area contributed by atoms with Crippen molar-refractivity contribution in [2.75, 3.05) is 13.1 Å². The first-order valence-corrected chi connectivity index (χ1v) is 9.70. The van der Waals surface area contributed by atoms with Crippen LogP contribution in [0.1, 0.15) is 29.0 Å². The van der Waals surface area contributed by atoms with Crippen molar-refractivity contribution in [3.05, 3.63) is 66.2 Å². The maximum absolute atomic E-state index is 12.9. The summed E-state index contributed by atoms with van der Waals surface area (Å²) in [4.78, 5) is 19.6. The predicted octanol–water partition coefficient (Wildman–Crippen LogP) is 3.47. The van der Waals surface area contributed by atoms with Crippen molar-refractivity contribution in [3.63, 3.8) is 0 Å². The van der Waals surface area contributed by atoms with Gasteiger partial charge in [0.2, 0.25) is 0 Å². The van der Waals surface area contributed by atoms with Crippen molar-refractivity contribution < 1.29 is 9.21 Å². The van der Waals surface area contributed by atoms with Crippen LogP contribution in [0.3, 0.4) is 0 Å². The third kappa shape index (κ3) is 3.12. The first-order valence-electron chi connectivity index (χ1n) is 9.70. The SMILES string of the molecule is O=C(NC1C(Cc2cccnc2)C2CCN1CC2)c1cc2ccccc2o1. The monoisotopic (exact) mass is 361 g/mol. The number of rotatable bonds is 4. The Hall–Kier alpha value is -2.66. The Balaban J connectivity index is 1.38. The Morgan fingerprint density at radius 2 is 2.04 bits per heavy atom. The molecule has 3 aliphatic heterocycles. The molecule has 5 heteroatoms. The Morgan fingerprint density at radius 1 is 1.19 bits per heavy atom. The second-order valence-corrected chi connectivity index (χ2v) is 7.67. The number of aromatic nitrogens is 1. The highest BCUT2D eigenvalue weighted by atomic mass is 16.3. The summed E-state index contributed by atoms with van der Waals surface area (Å²) in [6.45, 7) is 2.11. The van der Waals surface area contributed by atoms with E-state index in [0.29, 0.717) is 17.6 Å². The number of benzene rings is 1. The Labute approximate surface area is 158 Å². The molecule has 3 aromatic rings. The van der Waals surface area contributed by atoms with Crippen LogP contribution in [0.5, 0.6) is 0 Å². The molecule has 0 spiro atoms. The molecule has 0 saturated carbocycles. The predicted molar refractivity (Wildman–Crippen MR) is 103 cm³/mol. The molecule has 2 unspecified atom stereocenters. The minimum Gasteiger partial charge on any atom is -0.451 e. The normalized spacial score (nSPS) is 27.0. The Morgan fingerprint density at radius 3 is 2.81 bits per heavy atom. The number of furan rings is 1. The van der Waals surface area contributed by atoms with Crippen LogP contribution in [0.4, 0.5) is 0 Å². The number of fused-ring (bicyclic) bond motifs is 4. The summed E-state index contributed by atoms with van der Waals surface area (Å²) in [6.07, 6.45) is 7.17. The Kier molecular flexibility index (Phi) is 4.17. The van der Waals surface area contributed by atoms with Crippen LogP contribution in [-0.2, 0) is 6.42 Å². The first-order chi connectivity index (χ1) is 13.3. The van der Waals surface area contributed by atoms with E-state index >= 15 is 0 Å². The summed E-state index contributed by atoms with van der Waals surface area (Å²) >= 11 is 0. The highest BCUT2D eigenvalue weighted by molar-refractivity contribution is 5.96. The number of nitrogens with zero attached hydrogens (tertiary/aromatic N) is 2.